The van der Waals surface area contributed by atoms with Crippen LogP contribution in [-0.2, 0) is 4.74 Å². The predicted molar refractivity (Wildman–Crippen MR) is 82.0 cm³/mol. The maximum absolute atomic E-state index is 11.4. The van der Waals surface area contributed by atoms with Crippen molar-refractivity contribution in [3.63, 3.8) is 0 Å². The van der Waals surface area contributed by atoms with Crippen LogP contribution in [0.3, 0.4) is 0 Å². The predicted octanol–water partition coefficient (Wildman–Crippen LogP) is 2.31. The summed E-state index contributed by atoms with van der Waals surface area (Å²) in [6, 6.07) is 4.24. The number of benzene rings is 1. The van der Waals surface area contributed by atoms with Gasteiger partial charge in [-0.15, -0.1) is 0 Å². The molecule has 1 aromatic carbocycles. The van der Waals surface area contributed by atoms with Crippen molar-refractivity contribution in [2.45, 2.75) is 19.4 Å². The SMILES string of the molecule is CCNC(c1cc2[nH]c(=O)[nH]c2cc1Br)C1CCOC1. The van der Waals surface area contributed by atoms with Crippen molar-refractivity contribution in [3.05, 3.63) is 32.7 Å². The van der Waals surface area contributed by atoms with Gasteiger partial charge in [0.15, 0.2) is 0 Å². The van der Waals surface area contributed by atoms with Gasteiger partial charge in [0.25, 0.3) is 0 Å². The summed E-state index contributed by atoms with van der Waals surface area (Å²) in [6.07, 6.45) is 1.06. The Morgan fingerprint density at radius 3 is 2.85 bits per heavy atom. The van der Waals surface area contributed by atoms with Gasteiger partial charge in [0.2, 0.25) is 0 Å². The molecule has 2 unspecified atom stereocenters. The maximum atomic E-state index is 11.4. The van der Waals surface area contributed by atoms with Gasteiger partial charge in [-0.05, 0) is 30.7 Å². The number of halogens is 1. The molecule has 3 rings (SSSR count). The summed E-state index contributed by atoms with van der Waals surface area (Å²) in [5, 5.41) is 3.54. The molecule has 2 atom stereocenters. The Hall–Kier alpha value is -1.11. The number of aromatic amines is 2. The largest absolute Gasteiger partial charge is 0.381 e. The average Bonchev–Trinajstić information content (AvgIpc) is 3.03. The Kier molecular flexibility index (Phi) is 3.96. The first-order chi connectivity index (χ1) is 9.69. The van der Waals surface area contributed by atoms with Crippen LogP contribution in [0.15, 0.2) is 21.4 Å². The summed E-state index contributed by atoms with van der Waals surface area (Å²) in [6.45, 7) is 4.61. The van der Waals surface area contributed by atoms with Gasteiger partial charge in [-0.3, -0.25) is 0 Å². The van der Waals surface area contributed by atoms with Crippen LogP contribution in [0.1, 0.15) is 24.9 Å². The van der Waals surface area contributed by atoms with Crippen molar-refractivity contribution in [1.82, 2.24) is 15.3 Å². The third-order valence-corrected chi connectivity index (χ3v) is 4.52. The molecule has 6 heteroatoms. The van der Waals surface area contributed by atoms with E-state index in [1.54, 1.807) is 0 Å². The topological polar surface area (TPSA) is 69.9 Å². The smallest absolute Gasteiger partial charge is 0.323 e. The fourth-order valence-corrected chi connectivity index (χ4v) is 3.47. The lowest BCUT2D eigenvalue weighted by atomic mass is 9.92. The number of nitrogens with one attached hydrogen (secondary N) is 3. The summed E-state index contributed by atoms with van der Waals surface area (Å²) in [5.41, 5.74) is 2.66. The monoisotopic (exact) mass is 339 g/mol. The van der Waals surface area contributed by atoms with E-state index < -0.39 is 0 Å². The molecule has 3 N–H and O–H groups in total. The van der Waals surface area contributed by atoms with Gasteiger partial charge in [0.05, 0.1) is 17.6 Å². The number of ether oxygens (including phenoxy) is 1. The molecule has 20 heavy (non-hydrogen) atoms. The van der Waals surface area contributed by atoms with E-state index in [9.17, 15) is 4.79 Å². The molecule has 2 heterocycles. The highest BCUT2D eigenvalue weighted by atomic mass is 79.9. The number of fused-ring (bicyclic) bond motifs is 1. The van der Waals surface area contributed by atoms with Gasteiger partial charge in [-0.1, -0.05) is 22.9 Å². The minimum absolute atomic E-state index is 0.173. The number of imidazole rings is 1. The van der Waals surface area contributed by atoms with Crippen LogP contribution >= 0.6 is 15.9 Å². The summed E-state index contributed by atoms with van der Waals surface area (Å²) in [5.74, 6) is 0.467. The lowest BCUT2D eigenvalue weighted by Crippen LogP contribution is -2.28. The van der Waals surface area contributed by atoms with Crippen molar-refractivity contribution < 1.29 is 4.74 Å². The van der Waals surface area contributed by atoms with Crippen molar-refractivity contribution in [1.29, 1.82) is 0 Å². The van der Waals surface area contributed by atoms with Crippen LogP contribution in [-0.4, -0.2) is 29.7 Å². The van der Waals surface area contributed by atoms with Crippen LogP contribution in [0.5, 0.6) is 0 Å². The summed E-state index contributed by atoms with van der Waals surface area (Å²) in [4.78, 5) is 17.0. The molecule has 0 aliphatic carbocycles. The minimum atomic E-state index is -0.173. The molecule has 1 aliphatic heterocycles. The van der Waals surface area contributed by atoms with Crippen molar-refractivity contribution in [2.24, 2.45) is 5.92 Å². The molecule has 1 aliphatic rings. The van der Waals surface area contributed by atoms with Crippen molar-refractivity contribution >= 4 is 27.0 Å². The first-order valence-corrected chi connectivity index (χ1v) is 7.71. The third-order valence-electron chi connectivity index (χ3n) is 3.83. The molecule has 5 nitrogen and oxygen atoms in total. The van der Waals surface area contributed by atoms with Crippen molar-refractivity contribution in [2.75, 3.05) is 19.8 Å². The van der Waals surface area contributed by atoms with E-state index in [1.807, 2.05) is 12.1 Å². The molecule has 1 aromatic heterocycles. The maximum Gasteiger partial charge on any atom is 0.323 e. The highest BCUT2D eigenvalue weighted by Gasteiger charge is 2.28. The first kappa shape index (κ1) is 13.9. The van der Waals surface area contributed by atoms with E-state index in [0.29, 0.717) is 5.92 Å². The molecule has 0 radical (unpaired) electrons. The number of hydrogen-bond donors (Lipinski definition) is 3. The Morgan fingerprint density at radius 1 is 1.45 bits per heavy atom. The van der Waals surface area contributed by atoms with Gasteiger partial charge >= 0.3 is 5.69 Å². The fourth-order valence-electron chi connectivity index (χ4n) is 2.88. The van der Waals surface area contributed by atoms with Crippen LogP contribution in [0.2, 0.25) is 0 Å². The normalized spacial score (nSPS) is 20.6. The molecule has 0 amide bonds. The third kappa shape index (κ3) is 2.55. The second-order valence-corrected chi connectivity index (χ2v) is 6.01. The summed E-state index contributed by atoms with van der Waals surface area (Å²) < 4.78 is 6.53. The Bertz CT molecular complexity index is 658. The van der Waals surface area contributed by atoms with Crippen molar-refractivity contribution in [3.8, 4) is 0 Å². The fraction of sp³-hybridized carbons (Fsp3) is 0.500. The molecule has 0 saturated carbocycles. The van der Waals surface area contributed by atoms with E-state index in [4.69, 9.17) is 4.74 Å². The Morgan fingerprint density at radius 2 is 2.20 bits per heavy atom. The number of hydrogen-bond acceptors (Lipinski definition) is 3. The van der Waals surface area contributed by atoms with Crippen LogP contribution in [0.25, 0.3) is 11.0 Å². The average molecular weight is 340 g/mol. The second kappa shape index (κ2) is 5.71. The van der Waals surface area contributed by atoms with Gasteiger partial charge in [0.1, 0.15) is 0 Å². The van der Waals surface area contributed by atoms with Gasteiger partial charge in [0, 0.05) is 23.0 Å². The standard InChI is InChI=1S/C14H18BrN3O2/c1-2-16-13(8-3-4-20-7-8)9-5-11-12(6-10(9)15)18-14(19)17-11/h5-6,8,13,16H,2-4,7H2,1H3,(H2,17,18,19). The van der Waals surface area contributed by atoms with Crippen LogP contribution < -0.4 is 11.0 Å². The van der Waals surface area contributed by atoms with Crippen LogP contribution in [0.4, 0.5) is 0 Å². The van der Waals surface area contributed by atoms with E-state index in [-0.39, 0.29) is 11.7 Å². The molecule has 0 bridgehead atoms. The minimum Gasteiger partial charge on any atom is -0.381 e. The quantitative estimate of drug-likeness (QED) is 0.800. The zero-order valence-electron chi connectivity index (χ0n) is 11.3. The molecular weight excluding hydrogens is 322 g/mol. The van der Waals surface area contributed by atoms with Gasteiger partial charge < -0.3 is 20.0 Å². The highest BCUT2D eigenvalue weighted by molar-refractivity contribution is 9.10. The lowest BCUT2D eigenvalue weighted by molar-refractivity contribution is 0.177. The van der Waals surface area contributed by atoms with Crippen LogP contribution in [0, 0.1) is 5.92 Å². The van der Waals surface area contributed by atoms with E-state index >= 15 is 0 Å². The highest BCUT2D eigenvalue weighted by Crippen LogP contribution is 2.34. The number of H-pyrrole nitrogens is 2. The lowest BCUT2D eigenvalue weighted by Gasteiger charge is -2.25. The molecule has 2 aromatic rings. The molecular formula is C14H18BrN3O2. The second-order valence-electron chi connectivity index (χ2n) is 5.16. The van der Waals surface area contributed by atoms with E-state index in [0.717, 1.165) is 41.7 Å². The number of rotatable bonds is 4. The van der Waals surface area contributed by atoms with Gasteiger partial charge in [-0.2, -0.15) is 0 Å². The Balaban J connectivity index is 2.04. The molecule has 108 valence electrons. The zero-order valence-corrected chi connectivity index (χ0v) is 12.9. The molecule has 1 fully saturated rings. The summed E-state index contributed by atoms with van der Waals surface area (Å²) >= 11 is 3.63. The van der Waals surface area contributed by atoms with E-state index in [1.165, 1.54) is 5.56 Å². The van der Waals surface area contributed by atoms with Gasteiger partial charge in [-0.25, -0.2) is 4.79 Å². The Labute approximate surface area is 125 Å². The summed E-state index contributed by atoms with van der Waals surface area (Å²) in [7, 11) is 0. The first-order valence-electron chi connectivity index (χ1n) is 6.91. The molecule has 0 spiro atoms. The number of aromatic nitrogens is 2. The van der Waals surface area contributed by atoms with E-state index in [2.05, 4.69) is 38.1 Å². The zero-order chi connectivity index (χ0) is 14.1. The molecule has 1 saturated heterocycles.